The lowest BCUT2D eigenvalue weighted by Crippen LogP contribution is -2.54. The molecule has 0 saturated heterocycles. The third-order valence-corrected chi connectivity index (χ3v) is 15.9. The van der Waals surface area contributed by atoms with Crippen molar-refractivity contribution in [1.82, 2.24) is 10.1 Å². The van der Waals surface area contributed by atoms with Gasteiger partial charge in [-0.25, -0.2) is 10.1 Å². The van der Waals surface area contributed by atoms with Crippen molar-refractivity contribution in [3.63, 3.8) is 0 Å². The summed E-state index contributed by atoms with van der Waals surface area (Å²) < 4.78 is 13.4. The minimum absolute atomic E-state index is 0.0557. The fourth-order valence-corrected chi connectivity index (χ4v) is 5.10. The van der Waals surface area contributed by atoms with Crippen LogP contribution >= 0.6 is 0 Å². The van der Waals surface area contributed by atoms with Gasteiger partial charge in [-0.05, 0) is 36.3 Å². The summed E-state index contributed by atoms with van der Waals surface area (Å²) in [6.45, 7) is 21.4. The molecule has 0 aliphatic rings. The average molecular weight is 493 g/mol. The average Bonchev–Trinajstić information content (AvgIpc) is 2.63. The van der Waals surface area contributed by atoms with Gasteiger partial charge >= 0.3 is 0 Å². The topological polar surface area (TPSA) is 77.5 Å². The second-order valence-corrected chi connectivity index (χ2v) is 20.9. The molecule has 190 valence electrons. The largest absolute Gasteiger partial charge is 0.411 e. The molecule has 0 aromatic heterocycles. The Morgan fingerprint density at radius 3 is 1.12 bits per heavy atom. The number of nitrogens with zero attached hydrogens (tertiary/aromatic N) is 2. The third-order valence-electron chi connectivity index (χ3n) is 6.92. The summed E-state index contributed by atoms with van der Waals surface area (Å²) in [7, 11) is 1.47. The number of amides is 2. The predicted molar refractivity (Wildman–Crippen MR) is 133 cm³/mol. The van der Waals surface area contributed by atoms with Crippen molar-refractivity contribution in [1.29, 1.82) is 0 Å². The standard InChI is InChI=1S/C22H48N2O6Si2/c1-21(2,3)31(11,12)29-17(15-19(25)23(7)27-9)18(16-20(26)24(8)28-10)30-32(13,14)22(4,5)6/h17-18H,15-16H2,1-14H3/t17-,18-/m1/s1. The van der Waals surface area contributed by atoms with Gasteiger partial charge in [0.1, 0.15) is 0 Å². The maximum Gasteiger partial charge on any atom is 0.248 e. The highest BCUT2D eigenvalue weighted by Gasteiger charge is 2.46. The van der Waals surface area contributed by atoms with E-state index in [1.807, 2.05) is 0 Å². The van der Waals surface area contributed by atoms with Crippen LogP contribution in [0.1, 0.15) is 54.4 Å². The van der Waals surface area contributed by atoms with Crippen molar-refractivity contribution < 1.29 is 28.1 Å². The molecule has 0 aliphatic carbocycles. The third kappa shape index (κ3) is 8.87. The van der Waals surface area contributed by atoms with Gasteiger partial charge in [0.05, 0.1) is 39.3 Å². The van der Waals surface area contributed by atoms with Gasteiger partial charge in [0, 0.05) is 14.1 Å². The Morgan fingerprint density at radius 2 is 0.938 bits per heavy atom. The van der Waals surface area contributed by atoms with Crippen LogP contribution in [0.3, 0.4) is 0 Å². The Morgan fingerprint density at radius 1 is 0.688 bits per heavy atom. The highest BCUT2D eigenvalue weighted by molar-refractivity contribution is 6.74. The molecule has 0 aromatic carbocycles. The molecular formula is C22H48N2O6Si2. The van der Waals surface area contributed by atoms with Crippen molar-refractivity contribution in [3.8, 4) is 0 Å². The van der Waals surface area contributed by atoms with Crippen LogP contribution in [-0.4, -0.2) is 79.1 Å². The highest BCUT2D eigenvalue weighted by Crippen LogP contribution is 2.41. The summed E-state index contributed by atoms with van der Waals surface area (Å²) in [5.74, 6) is -0.458. The van der Waals surface area contributed by atoms with Gasteiger partial charge in [0.2, 0.25) is 11.8 Å². The van der Waals surface area contributed by atoms with Crippen LogP contribution < -0.4 is 0 Å². The Balaban J connectivity index is 6.31. The van der Waals surface area contributed by atoms with E-state index in [0.29, 0.717) is 0 Å². The zero-order chi connectivity index (χ0) is 25.7. The zero-order valence-corrected chi connectivity index (χ0v) is 24.9. The summed E-state index contributed by atoms with van der Waals surface area (Å²) in [6.07, 6.45) is -1.08. The lowest BCUT2D eigenvalue weighted by atomic mass is 10.1. The van der Waals surface area contributed by atoms with Gasteiger partial charge in [-0.3, -0.25) is 19.3 Å². The van der Waals surface area contributed by atoms with Crippen LogP contribution in [0.5, 0.6) is 0 Å². The first-order chi connectivity index (χ1) is 14.2. The van der Waals surface area contributed by atoms with Gasteiger partial charge in [-0.15, -0.1) is 0 Å². The van der Waals surface area contributed by atoms with E-state index in [0.717, 1.165) is 0 Å². The first-order valence-corrected chi connectivity index (χ1v) is 17.0. The van der Waals surface area contributed by atoms with Gasteiger partial charge in [-0.2, -0.15) is 0 Å². The van der Waals surface area contributed by atoms with Crippen molar-refractivity contribution >= 4 is 28.4 Å². The lowest BCUT2D eigenvalue weighted by Gasteiger charge is -2.45. The summed E-state index contributed by atoms with van der Waals surface area (Å²) in [4.78, 5) is 35.9. The normalized spacial score (nSPS) is 15.3. The SMILES string of the molecule is CON(C)C(=O)C[C@@H](O[Si](C)(C)C(C)(C)C)[C@@H](CC(=O)N(C)OC)O[Si](C)(C)C(C)(C)C. The number of carbonyl (C=O) groups excluding carboxylic acids is 2. The molecule has 0 heterocycles. The molecule has 0 bridgehead atoms. The van der Waals surface area contributed by atoms with E-state index >= 15 is 0 Å². The minimum atomic E-state index is -2.28. The van der Waals surface area contributed by atoms with Crippen molar-refractivity contribution in [2.24, 2.45) is 0 Å². The summed E-state index contributed by atoms with van der Waals surface area (Å²) >= 11 is 0. The van der Waals surface area contributed by atoms with Crippen LogP contribution in [-0.2, 0) is 28.1 Å². The van der Waals surface area contributed by atoms with E-state index in [9.17, 15) is 9.59 Å². The Bertz CT molecular complexity index is 575. The van der Waals surface area contributed by atoms with Crippen LogP contribution in [0.25, 0.3) is 0 Å². The fraction of sp³-hybridized carbons (Fsp3) is 0.909. The van der Waals surface area contributed by atoms with Crippen LogP contribution in [0, 0.1) is 0 Å². The molecule has 2 amide bonds. The molecule has 0 spiro atoms. The summed E-state index contributed by atoms with van der Waals surface area (Å²) in [5.41, 5.74) is 0. The second-order valence-electron chi connectivity index (χ2n) is 11.4. The minimum Gasteiger partial charge on any atom is -0.411 e. The molecule has 10 heteroatoms. The highest BCUT2D eigenvalue weighted by atomic mass is 28.4. The van der Waals surface area contributed by atoms with E-state index in [4.69, 9.17) is 18.5 Å². The predicted octanol–water partition coefficient (Wildman–Crippen LogP) is 4.59. The molecule has 8 nitrogen and oxygen atoms in total. The maximum absolute atomic E-state index is 12.8. The molecule has 0 unspecified atom stereocenters. The Hall–Kier alpha value is -0.786. The van der Waals surface area contributed by atoms with E-state index in [2.05, 4.69) is 67.7 Å². The van der Waals surface area contributed by atoms with E-state index in [1.54, 1.807) is 14.1 Å². The van der Waals surface area contributed by atoms with E-state index in [-0.39, 0.29) is 34.7 Å². The molecule has 0 rings (SSSR count). The number of carbonyl (C=O) groups is 2. The van der Waals surface area contributed by atoms with Crippen LogP contribution in [0.15, 0.2) is 0 Å². The van der Waals surface area contributed by atoms with Gasteiger partial charge < -0.3 is 8.85 Å². The number of rotatable bonds is 11. The molecule has 0 N–H and O–H groups in total. The quantitative estimate of drug-likeness (QED) is 0.310. The van der Waals surface area contributed by atoms with Gasteiger partial charge in [0.25, 0.3) is 0 Å². The molecule has 0 radical (unpaired) electrons. The molecule has 0 saturated carbocycles. The van der Waals surface area contributed by atoms with Crippen LogP contribution in [0.4, 0.5) is 0 Å². The lowest BCUT2D eigenvalue weighted by molar-refractivity contribution is -0.175. The smallest absolute Gasteiger partial charge is 0.248 e. The van der Waals surface area contributed by atoms with Crippen molar-refractivity contribution in [2.75, 3.05) is 28.3 Å². The number of hydroxylamine groups is 4. The Kier molecular flexibility index (Phi) is 11.3. The number of hydrogen-bond acceptors (Lipinski definition) is 6. The summed E-state index contributed by atoms with van der Waals surface area (Å²) in [5, 5.41) is 2.23. The van der Waals surface area contributed by atoms with E-state index in [1.165, 1.54) is 24.3 Å². The molecule has 2 atom stereocenters. The number of hydrogen-bond donors (Lipinski definition) is 0. The molecule has 0 aromatic rings. The van der Waals surface area contributed by atoms with Crippen molar-refractivity contribution in [2.45, 2.75) is 103 Å². The first-order valence-electron chi connectivity index (χ1n) is 11.2. The molecule has 0 aliphatic heterocycles. The molecule has 32 heavy (non-hydrogen) atoms. The first kappa shape index (κ1) is 31.2. The van der Waals surface area contributed by atoms with Gasteiger partial charge in [-0.1, -0.05) is 41.5 Å². The second kappa shape index (κ2) is 11.6. The van der Waals surface area contributed by atoms with E-state index < -0.39 is 28.8 Å². The maximum atomic E-state index is 12.8. The van der Waals surface area contributed by atoms with Gasteiger partial charge in [0.15, 0.2) is 16.6 Å². The van der Waals surface area contributed by atoms with Crippen LogP contribution in [0.2, 0.25) is 36.3 Å². The fourth-order valence-electron chi connectivity index (χ4n) is 2.41. The molecule has 0 fully saturated rings. The molecular weight excluding hydrogens is 444 g/mol. The monoisotopic (exact) mass is 492 g/mol. The zero-order valence-electron chi connectivity index (χ0n) is 22.9. The van der Waals surface area contributed by atoms with Crippen molar-refractivity contribution in [3.05, 3.63) is 0 Å². The Labute approximate surface area is 198 Å². The summed E-state index contributed by atoms with van der Waals surface area (Å²) in [6, 6.07) is 0.